The predicted molar refractivity (Wildman–Crippen MR) is 95.5 cm³/mol. The van der Waals surface area contributed by atoms with E-state index in [-0.39, 0.29) is 23.7 Å². The van der Waals surface area contributed by atoms with E-state index in [1.807, 2.05) is 19.1 Å². The van der Waals surface area contributed by atoms with E-state index in [9.17, 15) is 9.18 Å². The van der Waals surface area contributed by atoms with Crippen LogP contribution in [0.15, 0.2) is 41.0 Å². The van der Waals surface area contributed by atoms with Crippen molar-refractivity contribution >= 4 is 5.91 Å². The number of carbonyl (C=O) groups is 1. The summed E-state index contributed by atoms with van der Waals surface area (Å²) in [5.41, 5.74) is 1.80. The topological polar surface area (TPSA) is 36.7 Å². The number of benzene rings is 1. The number of rotatable bonds is 2. The van der Waals surface area contributed by atoms with Gasteiger partial charge in [0.1, 0.15) is 11.6 Å². The van der Waals surface area contributed by atoms with Crippen molar-refractivity contribution < 1.29 is 13.6 Å². The Kier molecular flexibility index (Phi) is 3.67. The number of nitrogens with zero attached hydrogens (tertiary/aromatic N) is 2. The smallest absolute Gasteiger partial charge is 0.257 e. The molecule has 1 aromatic carbocycles. The Morgan fingerprint density at radius 3 is 2.50 bits per heavy atom. The highest BCUT2D eigenvalue weighted by molar-refractivity contribution is 5.95. The highest BCUT2D eigenvalue weighted by Crippen LogP contribution is 2.47. The first-order valence-corrected chi connectivity index (χ1v) is 9.48. The number of likely N-dealkylation sites (tertiary alicyclic amines) is 1. The molecule has 136 valence electrons. The molecule has 6 rings (SSSR count). The molecule has 1 aromatic heterocycles. The minimum atomic E-state index is -0.212. The molecule has 0 N–H and O–H groups in total. The first-order valence-electron chi connectivity index (χ1n) is 9.48. The van der Waals surface area contributed by atoms with Gasteiger partial charge in [0.25, 0.3) is 5.91 Å². The van der Waals surface area contributed by atoms with Crippen molar-refractivity contribution in [2.24, 2.45) is 5.92 Å². The number of hydrogen-bond donors (Lipinski definition) is 0. The van der Waals surface area contributed by atoms with Crippen LogP contribution < -0.4 is 0 Å². The fourth-order valence-corrected chi connectivity index (χ4v) is 5.42. The number of hydrogen-bond acceptors (Lipinski definition) is 3. The van der Waals surface area contributed by atoms with Gasteiger partial charge in [-0.3, -0.25) is 9.69 Å². The van der Waals surface area contributed by atoms with Crippen LogP contribution in [0.25, 0.3) is 0 Å². The summed E-state index contributed by atoms with van der Waals surface area (Å²) in [7, 11) is 0. The largest absolute Gasteiger partial charge is 0.469 e. The highest BCUT2D eigenvalue weighted by Gasteiger charge is 2.54. The Bertz CT molecular complexity index is 823. The lowest BCUT2D eigenvalue weighted by Gasteiger charge is -2.51. The normalized spacial score (nSPS) is 32.7. The fraction of sp³-hybridized carbons (Fsp3) is 0.476. The van der Waals surface area contributed by atoms with E-state index in [2.05, 4.69) is 9.80 Å². The van der Waals surface area contributed by atoms with Gasteiger partial charge in [0.05, 0.1) is 17.9 Å². The minimum absolute atomic E-state index is 0.0737. The van der Waals surface area contributed by atoms with Crippen LogP contribution in [0.5, 0.6) is 0 Å². The number of halogens is 1. The standard InChI is InChI=1S/C21H23FN2O2/c1-13-17(8-11-26-13)21(25)24-12-18(14-2-4-16(22)5-3-14)20-19(24)15-6-9-23(20)10-7-15/h2-5,8,11,15,18-20H,6-7,9-10,12H2,1H3/t18-,19+,20+/m1/s1. The van der Waals surface area contributed by atoms with Gasteiger partial charge in [0.15, 0.2) is 0 Å². The maximum absolute atomic E-state index is 13.4. The third kappa shape index (κ3) is 2.33. The number of carbonyl (C=O) groups excluding carboxylic acids is 1. The molecule has 3 atom stereocenters. The van der Waals surface area contributed by atoms with Gasteiger partial charge >= 0.3 is 0 Å². The molecule has 0 unspecified atom stereocenters. The molecule has 4 aliphatic heterocycles. The number of piperidine rings is 3. The van der Waals surface area contributed by atoms with Crippen LogP contribution in [0, 0.1) is 18.7 Å². The van der Waals surface area contributed by atoms with E-state index in [1.165, 1.54) is 12.1 Å². The Morgan fingerprint density at radius 1 is 1.12 bits per heavy atom. The highest BCUT2D eigenvalue weighted by atomic mass is 19.1. The molecule has 5 heteroatoms. The summed E-state index contributed by atoms with van der Waals surface area (Å²) in [4.78, 5) is 17.9. The van der Waals surface area contributed by atoms with E-state index < -0.39 is 0 Å². The van der Waals surface area contributed by atoms with Crippen molar-refractivity contribution in [3.63, 3.8) is 0 Å². The summed E-state index contributed by atoms with van der Waals surface area (Å²) in [5, 5.41) is 0. The molecule has 1 amide bonds. The molecular formula is C21H23FN2O2. The molecular weight excluding hydrogens is 331 g/mol. The number of aryl methyl sites for hydroxylation is 1. The summed E-state index contributed by atoms with van der Waals surface area (Å²) < 4.78 is 18.8. The zero-order chi connectivity index (χ0) is 17.8. The second kappa shape index (κ2) is 5.95. The Labute approximate surface area is 152 Å². The van der Waals surface area contributed by atoms with Crippen molar-refractivity contribution in [1.29, 1.82) is 0 Å². The van der Waals surface area contributed by atoms with Crippen LogP contribution in [-0.4, -0.2) is 47.4 Å². The molecule has 5 heterocycles. The lowest BCUT2D eigenvalue weighted by Crippen LogP contribution is -2.60. The van der Waals surface area contributed by atoms with E-state index in [0.717, 1.165) is 31.5 Å². The average Bonchev–Trinajstić information content (AvgIpc) is 3.28. The maximum atomic E-state index is 13.4. The van der Waals surface area contributed by atoms with E-state index in [4.69, 9.17) is 4.42 Å². The van der Waals surface area contributed by atoms with Gasteiger partial charge in [0, 0.05) is 18.5 Å². The summed E-state index contributed by atoms with van der Waals surface area (Å²) >= 11 is 0. The first-order chi connectivity index (χ1) is 12.6. The summed E-state index contributed by atoms with van der Waals surface area (Å²) in [5.74, 6) is 1.34. The lowest BCUT2D eigenvalue weighted by atomic mass is 9.75. The zero-order valence-corrected chi connectivity index (χ0v) is 14.9. The molecule has 4 saturated heterocycles. The van der Waals surface area contributed by atoms with E-state index in [0.29, 0.717) is 29.8 Å². The maximum Gasteiger partial charge on any atom is 0.257 e. The third-order valence-electron chi connectivity index (χ3n) is 6.64. The summed E-state index contributed by atoms with van der Waals surface area (Å²) in [6.07, 6.45) is 3.90. The molecule has 2 aromatic rings. The predicted octanol–water partition coefficient (Wildman–Crippen LogP) is 3.43. The molecule has 0 radical (unpaired) electrons. The lowest BCUT2D eigenvalue weighted by molar-refractivity contribution is -0.00345. The average molecular weight is 354 g/mol. The van der Waals surface area contributed by atoms with Crippen LogP contribution in [0.2, 0.25) is 0 Å². The molecule has 4 fully saturated rings. The second-order valence-electron chi connectivity index (χ2n) is 7.86. The van der Waals surface area contributed by atoms with Crippen molar-refractivity contribution in [1.82, 2.24) is 9.80 Å². The van der Waals surface area contributed by atoms with Gasteiger partial charge in [0.2, 0.25) is 0 Å². The number of amides is 1. The Hall–Kier alpha value is -2.14. The minimum Gasteiger partial charge on any atom is -0.469 e. The zero-order valence-electron chi connectivity index (χ0n) is 14.9. The molecule has 0 aliphatic carbocycles. The van der Waals surface area contributed by atoms with Crippen LogP contribution in [0.3, 0.4) is 0 Å². The summed E-state index contributed by atoms with van der Waals surface area (Å²) in [6, 6.07) is 9.20. The number of fused-ring (bicyclic) bond motifs is 2. The van der Waals surface area contributed by atoms with Crippen LogP contribution in [-0.2, 0) is 0 Å². The molecule has 4 nitrogen and oxygen atoms in total. The van der Waals surface area contributed by atoms with E-state index in [1.54, 1.807) is 12.3 Å². The van der Waals surface area contributed by atoms with Gasteiger partial charge in [-0.05, 0) is 62.5 Å². The van der Waals surface area contributed by atoms with Crippen LogP contribution in [0.1, 0.15) is 40.4 Å². The Balaban J connectivity index is 1.53. The van der Waals surface area contributed by atoms with E-state index >= 15 is 0 Å². The molecule has 26 heavy (non-hydrogen) atoms. The van der Waals surface area contributed by atoms with Crippen molar-refractivity contribution in [3.05, 3.63) is 59.3 Å². The van der Waals surface area contributed by atoms with Gasteiger partial charge in [-0.25, -0.2) is 4.39 Å². The molecule has 4 aliphatic rings. The molecule has 0 saturated carbocycles. The summed E-state index contributed by atoms with van der Waals surface area (Å²) in [6.45, 7) is 4.75. The number of furan rings is 1. The van der Waals surface area contributed by atoms with Gasteiger partial charge in [-0.2, -0.15) is 0 Å². The monoisotopic (exact) mass is 354 g/mol. The van der Waals surface area contributed by atoms with Gasteiger partial charge < -0.3 is 9.32 Å². The third-order valence-corrected chi connectivity index (χ3v) is 6.64. The van der Waals surface area contributed by atoms with Gasteiger partial charge in [-0.1, -0.05) is 12.1 Å². The van der Waals surface area contributed by atoms with Crippen molar-refractivity contribution in [2.75, 3.05) is 19.6 Å². The Morgan fingerprint density at radius 2 is 1.85 bits per heavy atom. The van der Waals surface area contributed by atoms with Gasteiger partial charge in [-0.15, -0.1) is 0 Å². The molecule has 0 spiro atoms. The van der Waals surface area contributed by atoms with Crippen molar-refractivity contribution in [3.8, 4) is 0 Å². The second-order valence-corrected chi connectivity index (χ2v) is 7.86. The quantitative estimate of drug-likeness (QED) is 0.829. The van der Waals surface area contributed by atoms with Crippen LogP contribution >= 0.6 is 0 Å². The SMILES string of the molecule is Cc1occc1C(=O)N1C[C@H](c2ccc(F)cc2)[C@H]2[C@@H]1C1CCN2CC1. The first kappa shape index (κ1) is 16.1. The fourth-order valence-electron chi connectivity index (χ4n) is 5.42. The van der Waals surface area contributed by atoms with Crippen LogP contribution in [0.4, 0.5) is 4.39 Å². The van der Waals surface area contributed by atoms with Crippen molar-refractivity contribution in [2.45, 2.75) is 37.8 Å². The molecule has 2 bridgehead atoms.